The first kappa shape index (κ1) is 23.8. The molecule has 0 saturated heterocycles. The summed E-state index contributed by atoms with van der Waals surface area (Å²) in [4.78, 5) is 13.5. The molecule has 168 valence electrons. The Kier molecular flexibility index (Phi) is 8.85. The van der Waals surface area contributed by atoms with E-state index < -0.39 is 0 Å². The number of aliphatic hydroxyl groups excluding tert-OH is 1. The van der Waals surface area contributed by atoms with Crippen molar-refractivity contribution in [3.63, 3.8) is 0 Å². The normalized spacial score (nSPS) is 26.6. The van der Waals surface area contributed by atoms with E-state index in [-0.39, 0.29) is 22.9 Å². The maximum Gasteiger partial charge on any atom is 0.348 e. The van der Waals surface area contributed by atoms with Gasteiger partial charge in [0.05, 0.1) is 13.2 Å². The lowest BCUT2D eigenvalue weighted by atomic mass is 9.62. The molecule has 0 amide bonds. The minimum Gasteiger partial charge on any atom is -0.465 e. The van der Waals surface area contributed by atoms with Crippen LogP contribution in [0, 0.1) is 17.3 Å². The van der Waals surface area contributed by atoms with Crippen molar-refractivity contribution in [3.05, 3.63) is 34.0 Å². The van der Waals surface area contributed by atoms with Crippen LogP contribution < -0.4 is 0 Å². The van der Waals surface area contributed by atoms with Crippen molar-refractivity contribution in [2.24, 2.45) is 17.3 Å². The molecule has 0 radical (unpaired) electrons. The molecule has 2 aliphatic rings. The van der Waals surface area contributed by atoms with Crippen LogP contribution in [0.25, 0.3) is 0 Å². The molecule has 0 bridgehead atoms. The average molecular weight is 453 g/mol. The first-order chi connectivity index (χ1) is 14.5. The molecule has 1 heterocycles. The number of rotatable bonds is 11. The van der Waals surface area contributed by atoms with Crippen LogP contribution in [0.3, 0.4) is 0 Å². The van der Waals surface area contributed by atoms with Gasteiger partial charge in [0, 0.05) is 10.3 Å². The van der Waals surface area contributed by atoms with Gasteiger partial charge in [0.2, 0.25) is 0 Å². The smallest absolute Gasteiger partial charge is 0.348 e. The van der Waals surface area contributed by atoms with Gasteiger partial charge in [-0.25, -0.2) is 4.79 Å². The van der Waals surface area contributed by atoms with E-state index >= 15 is 0 Å². The topological polar surface area (TPSA) is 46.5 Å². The lowest BCUT2D eigenvalue weighted by Gasteiger charge is -2.45. The molecule has 2 fully saturated rings. The Morgan fingerprint density at radius 1 is 1.40 bits per heavy atom. The molecule has 1 aromatic heterocycles. The van der Waals surface area contributed by atoms with Crippen molar-refractivity contribution in [2.75, 3.05) is 7.11 Å². The molecular weight excluding hydrogens is 416 g/mol. The maximum atomic E-state index is 11.6. The minimum atomic E-state index is -0.246. The number of carbonyl (C=O) groups excluding carboxylic acids is 1. The number of alkyl halides is 1. The Bertz CT molecular complexity index is 703. The van der Waals surface area contributed by atoms with E-state index in [1.54, 1.807) is 11.3 Å². The Labute approximate surface area is 190 Å². The lowest BCUT2D eigenvalue weighted by Crippen LogP contribution is -2.40. The highest BCUT2D eigenvalue weighted by atomic mass is 35.5. The fourth-order valence-electron chi connectivity index (χ4n) is 5.30. The van der Waals surface area contributed by atoms with E-state index in [4.69, 9.17) is 16.3 Å². The molecule has 30 heavy (non-hydrogen) atoms. The highest BCUT2D eigenvalue weighted by Gasteiger charge is 2.41. The number of halogens is 1. The molecule has 0 spiro atoms. The number of thiophene rings is 1. The van der Waals surface area contributed by atoms with E-state index in [1.807, 2.05) is 12.1 Å². The van der Waals surface area contributed by atoms with Gasteiger partial charge in [0.25, 0.3) is 0 Å². The third-order valence-electron chi connectivity index (χ3n) is 7.55. The summed E-state index contributed by atoms with van der Waals surface area (Å²) in [6.45, 7) is 2.21. The highest BCUT2D eigenvalue weighted by Crippen LogP contribution is 2.48. The number of ether oxygens (including phenoxy) is 1. The van der Waals surface area contributed by atoms with Gasteiger partial charge in [0.1, 0.15) is 4.88 Å². The summed E-state index contributed by atoms with van der Waals surface area (Å²) in [7, 11) is 1.42. The largest absolute Gasteiger partial charge is 0.465 e. The van der Waals surface area contributed by atoms with Gasteiger partial charge in [-0.1, -0.05) is 25.5 Å². The van der Waals surface area contributed by atoms with Crippen molar-refractivity contribution < 1.29 is 14.6 Å². The van der Waals surface area contributed by atoms with Crippen molar-refractivity contribution in [3.8, 4) is 0 Å². The summed E-state index contributed by atoms with van der Waals surface area (Å²) < 4.78 is 4.79. The predicted octanol–water partition coefficient (Wildman–Crippen LogP) is 6.77. The molecule has 5 heteroatoms. The maximum absolute atomic E-state index is 11.6. The van der Waals surface area contributed by atoms with Crippen LogP contribution in [-0.2, 0) is 11.2 Å². The van der Waals surface area contributed by atoms with Gasteiger partial charge >= 0.3 is 5.97 Å². The van der Waals surface area contributed by atoms with Crippen molar-refractivity contribution in [1.29, 1.82) is 0 Å². The van der Waals surface area contributed by atoms with E-state index in [2.05, 4.69) is 19.1 Å². The fraction of sp³-hybridized carbons (Fsp3) is 0.720. The fourth-order valence-corrected chi connectivity index (χ4v) is 6.68. The van der Waals surface area contributed by atoms with Crippen LogP contribution in [0.4, 0.5) is 0 Å². The van der Waals surface area contributed by atoms with Crippen molar-refractivity contribution in [1.82, 2.24) is 0 Å². The Morgan fingerprint density at radius 3 is 2.87 bits per heavy atom. The second-order valence-corrected chi connectivity index (χ2v) is 10.9. The minimum absolute atomic E-state index is 0.159. The second-order valence-electron chi connectivity index (χ2n) is 9.17. The van der Waals surface area contributed by atoms with Crippen molar-refractivity contribution >= 4 is 28.9 Å². The van der Waals surface area contributed by atoms with Crippen molar-refractivity contribution in [2.45, 2.75) is 89.0 Å². The van der Waals surface area contributed by atoms with E-state index in [0.717, 1.165) is 38.5 Å². The number of carbonyl (C=O) groups is 1. The number of allylic oxidation sites excluding steroid dienone is 2. The lowest BCUT2D eigenvalue weighted by molar-refractivity contribution is -0.0414. The van der Waals surface area contributed by atoms with Gasteiger partial charge in [-0.05, 0) is 93.6 Å². The van der Waals surface area contributed by atoms with Crippen LogP contribution in [0.1, 0.15) is 85.7 Å². The first-order valence-corrected chi connectivity index (χ1v) is 12.9. The van der Waals surface area contributed by atoms with E-state index in [1.165, 1.54) is 44.1 Å². The van der Waals surface area contributed by atoms with Crippen LogP contribution in [-0.4, -0.2) is 29.7 Å². The Balaban J connectivity index is 1.42. The second kappa shape index (κ2) is 11.2. The average Bonchev–Trinajstić information content (AvgIpc) is 3.32. The molecular formula is C25H37ClO3S. The zero-order chi connectivity index (χ0) is 21.6. The van der Waals surface area contributed by atoms with Gasteiger partial charge in [-0.2, -0.15) is 0 Å². The number of esters is 1. The zero-order valence-electron chi connectivity index (χ0n) is 18.4. The van der Waals surface area contributed by atoms with Gasteiger partial charge in [0.15, 0.2) is 0 Å². The summed E-state index contributed by atoms with van der Waals surface area (Å²) in [5, 5.41) is 10.8. The first-order valence-electron chi connectivity index (χ1n) is 11.6. The third kappa shape index (κ3) is 5.69. The summed E-state index contributed by atoms with van der Waals surface area (Å²) in [5.41, 5.74) is 0.203. The van der Waals surface area contributed by atoms with Gasteiger partial charge in [-0.3, -0.25) is 0 Å². The van der Waals surface area contributed by atoms with Crippen LogP contribution >= 0.6 is 22.9 Å². The van der Waals surface area contributed by atoms with Gasteiger partial charge in [-0.15, -0.1) is 22.9 Å². The molecule has 0 aliphatic heterocycles. The quantitative estimate of drug-likeness (QED) is 0.229. The molecule has 2 saturated carbocycles. The summed E-state index contributed by atoms with van der Waals surface area (Å²) in [5.74, 6) is 0.841. The number of aliphatic hydroxyl groups is 1. The molecule has 0 aromatic carbocycles. The monoisotopic (exact) mass is 452 g/mol. The molecule has 3 rings (SSSR count). The summed E-state index contributed by atoms with van der Waals surface area (Å²) >= 11 is 8.18. The molecule has 4 atom stereocenters. The number of methoxy groups -OCH3 is 1. The molecule has 1 N–H and O–H groups in total. The highest BCUT2D eigenvalue weighted by molar-refractivity contribution is 7.13. The van der Waals surface area contributed by atoms with E-state index in [9.17, 15) is 9.90 Å². The molecule has 1 aromatic rings. The van der Waals surface area contributed by atoms with Crippen LogP contribution in [0.5, 0.6) is 0 Å². The number of hydrogen-bond acceptors (Lipinski definition) is 4. The Hall–Kier alpha value is -0.840. The molecule has 1 unspecified atom stereocenters. The molecule has 3 nitrogen and oxygen atoms in total. The summed E-state index contributed by atoms with van der Waals surface area (Å²) in [6.07, 6.45) is 16.6. The molecule has 2 aliphatic carbocycles. The van der Waals surface area contributed by atoms with Crippen LogP contribution in [0.15, 0.2) is 24.3 Å². The van der Waals surface area contributed by atoms with Gasteiger partial charge < -0.3 is 9.84 Å². The Morgan fingerprint density at radius 2 is 2.20 bits per heavy atom. The van der Waals surface area contributed by atoms with Crippen LogP contribution in [0.2, 0.25) is 0 Å². The standard InChI is InChI=1S/C25H37ClO3S/c1-3-25(16-7-17-25)23(27)11-5-4-10-20-18(12-14-21(20)26)8-6-9-19-13-15-22(30-19)24(28)29-2/h4,10,13,15,18,20-21,23,27H,3,5-9,11-12,14,16-17H2,1-2H3/b10-4+/t18-,20+,21+,23?/m0/s1. The zero-order valence-corrected chi connectivity index (χ0v) is 20.0. The predicted molar refractivity (Wildman–Crippen MR) is 125 cm³/mol. The van der Waals surface area contributed by atoms with E-state index in [0.29, 0.717) is 16.7 Å². The third-order valence-corrected chi connectivity index (χ3v) is 9.18. The number of hydrogen-bond donors (Lipinski definition) is 1. The SMILES string of the molecule is CCC1(C(O)CC/C=C/[C@@H]2[C@@H](CCCc3ccc(C(=O)OC)s3)CC[C@H]2Cl)CCC1. The summed E-state index contributed by atoms with van der Waals surface area (Å²) in [6, 6.07) is 3.91. The number of aryl methyl sites for hydroxylation is 1.